The molecule has 0 unspecified atom stereocenters. The Bertz CT molecular complexity index is 744. The van der Waals surface area contributed by atoms with Crippen LogP contribution >= 0.6 is 0 Å². The molecule has 1 fully saturated rings. The highest BCUT2D eigenvalue weighted by Crippen LogP contribution is 2.28. The number of fused-ring (bicyclic) bond motifs is 1. The number of carbonyl (C=O) groups is 3. The van der Waals surface area contributed by atoms with Crippen molar-refractivity contribution in [1.82, 2.24) is 9.80 Å². The molecule has 1 saturated heterocycles. The average molecular weight is 371 g/mol. The number of benzene rings is 1. The van der Waals surface area contributed by atoms with E-state index in [9.17, 15) is 14.4 Å². The molecule has 146 valence electrons. The van der Waals surface area contributed by atoms with Crippen LogP contribution in [0.25, 0.3) is 0 Å². The fourth-order valence-corrected chi connectivity index (χ4v) is 3.81. The summed E-state index contributed by atoms with van der Waals surface area (Å²) in [6.45, 7) is 6.72. The van der Waals surface area contributed by atoms with Gasteiger partial charge < -0.3 is 14.7 Å². The molecule has 2 heterocycles. The molecule has 0 atom stereocenters. The van der Waals surface area contributed by atoms with Gasteiger partial charge in [-0.15, -0.1) is 0 Å². The maximum absolute atomic E-state index is 12.7. The fraction of sp³-hybridized carbons (Fsp3) is 0.571. The molecule has 2 aliphatic rings. The lowest BCUT2D eigenvalue weighted by Crippen LogP contribution is -2.38. The second kappa shape index (κ2) is 8.11. The van der Waals surface area contributed by atoms with E-state index in [2.05, 4.69) is 0 Å². The molecule has 6 heteroatoms. The molecule has 2 aliphatic heterocycles. The molecule has 6 nitrogen and oxygen atoms in total. The van der Waals surface area contributed by atoms with Crippen molar-refractivity contribution in [3.8, 4) is 0 Å². The van der Waals surface area contributed by atoms with Crippen molar-refractivity contribution in [3.63, 3.8) is 0 Å². The molecule has 0 bridgehead atoms. The standard InChI is InChI=1S/C21H29N3O3/c1-15(2)11-20(26)23-7-4-8-24(10-9-23)21(27)13-16-5-6-18-17(12-16)14-19(25)22(18)3/h5-6,12,15H,4,7-11,13-14H2,1-3H3. The maximum Gasteiger partial charge on any atom is 0.231 e. The van der Waals surface area contributed by atoms with Crippen molar-refractivity contribution in [2.75, 3.05) is 38.1 Å². The van der Waals surface area contributed by atoms with Crippen LogP contribution in [0.4, 0.5) is 5.69 Å². The van der Waals surface area contributed by atoms with Gasteiger partial charge in [-0.05, 0) is 29.5 Å². The smallest absolute Gasteiger partial charge is 0.231 e. The van der Waals surface area contributed by atoms with Gasteiger partial charge in [-0.25, -0.2) is 0 Å². The minimum Gasteiger partial charge on any atom is -0.341 e. The Labute approximate surface area is 161 Å². The molecule has 1 aromatic rings. The normalized spacial score (nSPS) is 17.3. The van der Waals surface area contributed by atoms with Crippen LogP contribution in [-0.2, 0) is 27.2 Å². The van der Waals surface area contributed by atoms with Crippen LogP contribution in [0.3, 0.4) is 0 Å². The van der Waals surface area contributed by atoms with Gasteiger partial charge in [0.1, 0.15) is 0 Å². The van der Waals surface area contributed by atoms with Crippen molar-refractivity contribution in [1.29, 1.82) is 0 Å². The van der Waals surface area contributed by atoms with Crippen molar-refractivity contribution >= 4 is 23.4 Å². The maximum atomic E-state index is 12.7. The van der Waals surface area contributed by atoms with Crippen LogP contribution in [0.5, 0.6) is 0 Å². The van der Waals surface area contributed by atoms with Crippen molar-refractivity contribution in [2.45, 2.75) is 39.5 Å². The monoisotopic (exact) mass is 371 g/mol. The van der Waals surface area contributed by atoms with Crippen molar-refractivity contribution in [2.24, 2.45) is 5.92 Å². The Morgan fingerprint density at radius 1 is 1.04 bits per heavy atom. The zero-order chi connectivity index (χ0) is 19.6. The largest absolute Gasteiger partial charge is 0.341 e. The van der Waals surface area contributed by atoms with Gasteiger partial charge in [-0.3, -0.25) is 14.4 Å². The summed E-state index contributed by atoms with van der Waals surface area (Å²) >= 11 is 0. The quantitative estimate of drug-likeness (QED) is 0.812. The molecule has 0 aromatic heterocycles. The van der Waals surface area contributed by atoms with Crippen molar-refractivity contribution in [3.05, 3.63) is 29.3 Å². The third-order valence-corrected chi connectivity index (χ3v) is 5.36. The van der Waals surface area contributed by atoms with Gasteiger partial charge in [0.2, 0.25) is 17.7 Å². The van der Waals surface area contributed by atoms with E-state index < -0.39 is 0 Å². The van der Waals surface area contributed by atoms with Gasteiger partial charge in [0.05, 0.1) is 12.8 Å². The van der Waals surface area contributed by atoms with Gasteiger partial charge in [0, 0.05) is 45.3 Å². The van der Waals surface area contributed by atoms with Crippen LogP contribution < -0.4 is 4.90 Å². The highest BCUT2D eigenvalue weighted by Gasteiger charge is 2.25. The Balaban J connectivity index is 1.58. The second-order valence-corrected chi connectivity index (χ2v) is 7.98. The van der Waals surface area contributed by atoms with E-state index in [-0.39, 0.29) is 17.7 Å². The van der Waals surface area contributed by atoms with Crippen LogP contribution in [0.2, 0.25) is 0 Å². The van der Waals surface area contributed by atoms with Gasteiger partial charge in [0.25, 0.3) is 0 Å². The number of likely N-dealkylation sites (N-methyl/N-ethyl adjacent to an activating group) is 1. The predicted molar refractivity (Wildman–Crippen MR) is 104 cm³/mol. The second-order valence-electron chi connectivity index (χ2n) is 7.98. The number of anilines is 1. The first-order valence-electron chi connectivity index (χ1n) is 9.79. The minimum atomic E-state index is 0.0887. The van der Waals surface area contributed by atoms with Crippen molar-refractivity contribution < 1.29 is 14.4 Å². The highest BCUT2D eigenvalue weighted by atomic mass is 16.2. The highest BCUT2D eigenvalue weighted by molar-refractivity contribution is 6.01. The summed E-state index contributed by atoms with van der Waals surface area (Å²) in [5, 5.41) is 0. The number of carbonyl (C=O) groups excluding carboxylic acids is 3. The molecular weight excluding hydrogens is 342 g/mol. The van der Waals surface area contributed by atoms with Gasteiger partial charge in [0.15, 0.2) is 0 Å². The van der Waals surface area contributed by atoms with Crippen LogP contribution in [0, 0.1) is 5.92 Å². The number of rotatable bonds is 4. The van der Waals surface area contributed by atoms with E-state index in [1.54, 1.807) is 11.9 Å². The molecule has 0 N–H and O–H groups in total. The fourth-order valence-electron chi connectivity index (χ4n) is 3.81. The molecule has 0 spiro atoms. The SMILES string of the molecule is CC(C)CC(=O)N1CCCN(C(=O)Cc2ccc3c(c2)CC(=O)N3C)CC1. The van der Waals surface area contributed by atoms with Gasteiger partial charge in [-0.2, -0.15) is 0 Å². The summed E-state index contributed by atoms with van der Waals surface area (Å²) in [5.41, 5.74) is 2.87. The van der Waals surface area contributed by atoms with Gasteiger partial charge >= 0.3 is 0 Å². The number of amides is 3. The van der Waals surface area contributed by atoms with E-state index in [4.69, 9.17) is 0 Å². The number of nitrogens with zero attached hydrogens (tertiary/aromatic N) is 3. The molecule has 0 saturated carbocycles. The first-order chi connectivity index (χ1) is 12.8. The summed E-state index contributed by atoms with van der Waals surface area (Å²) < 4.78 is 0. The zero-order valence-corrected chi connectivity index (χ0v) is 16.5. The van der Waals surface area contributed by atoms with Gasteiger partial charge in [-0.1, -0.05) is 26.0 Å². The van der Waals surface area contributed by atoms with E-state index >= 15 is 0 Å². The summed E-state index contributed by atoms with van der Waals surface area (Å²) in [7, 11) is 1.78. The Kier molecular flexibility index (Phi) is 5.82. The Morgan fingerprint density at radius 2 is 1.70 bits per heavy atom. The third-order valence-electron chi connectivity index (χ3n) is 5.36. The molecule has 0 radical (unpaired) electrons. The lowest BCUT2D eigenvalue weighted by Gasteiger charge is -2.23. The van der Waals surface area contributed by atoms with E-state index in [0.29, 0.717) is 44.8 Å². The Hall–Kier alpha value is -2.37. The molecule has 3 rings (SSSR count). The van der Waals surface area contributed by atoms with Crippen LogP contribution in [-0.4, -0.2) is 60.7 Å². The summed E-state index contributed by atoms with van der Waals surface area (Å²) in [5.74, 6) is 0.717. The molecule has 1 aromatic carbocycles. The minimum absolute atomic E-state index is 0.0887. The molecule has 27 heavy (non-hydrogen) atoms. The Morgan fingerprint density at radius 3 is 2.37 bits per heavy atom. The third kappa shape index (κ3) is 4.49. The molecule has 0 aliphatic carbocycles. The number of hydrogen-bond donors (Lipinski definition) is 0. The zero-order valence-electron chi connectivity index (χ0n) is 16.5. The first kappa shape index (κ1) is 19.4. The molecular formula is C21H29N3O3. The lowest BCUT2D eigenvalue weighted by atomic mass is 10.1. The predicted octanol–water partition coefficient (Wildman–Crippen LogP) is 1.85. The van der Waals surface area contributed by atoms with Crippen LogP contribution in [0.1, 0.15) is 37.8 Å². The summed E-state index contributed by atoms with van der Waals surface area (Å²) in [4.78, 5) is 42.3. The first-order valence-corrected chi connectivity index (χ1v) is 9.79. The molecule has 3 amide bonds. The van der Waals surface area contributed by atoms with Crippen LogP contribution in [0.15, 0.2) is 18.2 Å². The van der Waals surface area contributed by atoms with E-state index in [0.717, 1.165) is 29.8 Å². The summed E-state index contributed by atoms with van der Waals surface area (Å²) in [6, 6.07) is 5.84. The lowest BCUT2D eigenvalue weighted by molar-refractivity contribution is -0.133. The van der Waals surface area contributed by atoms with E-state index in [1.807, 2.05) is 41.8 Å². The summed E-state index contributed by atoms with van der Waals surface area (Å²) in [6.07, 6.45) is 2.13. The van der Waals surface area contributed by atoms with E-state index in [1.165, 1.54) is 0 Å². The topological polar surface area (TPSA) is 60.9 Å². The number of hydrogen-bond acceptors (Lipinski definition) is 3. The average Bonchev–Trinajstić information content (AvgIpc) is 2.79.